The molecule has 1 saturated carbocycles. The second-order valence-corrected chi connectivity index (χ2v) is 6.12. The summed E-state index contributed by atoms with van der Waals surface area (Å²) in [5.74, 6) is -0.0247. The lowest BCUT2D eigenvalue weighted by atomic mass is 9.73. The second-order valence-electron chi connectivity index (χ2n) is 5.69. The molecule has 2 unspecified atom stereocenters. The smallest absolute Gasteiger partial charge is 0.250 e. The van der Waals surface area contributed by atoms with Gasteiger partial charge in [0.1, 0.15) is 0 Å². The summed E-state index contributed by atoms with van der Waals surface area (Å²) in [4.78, 5) is 11.6. The van der Waals surface area contributed by atoms with E-state index in [0.717, 1.165) is 24.9 Å². The maximum atomic E-state index is 11.6. The number of carbonyl (C=O) groups excluding carboxylic acids is 1. The average Bonchev–Trinajstić information content (AvgIpc) is 2.43. The highest BCUT2D eigenvalue weighted by Gasteiger charge is 2.37. The Hall–Kier alpha value is -1.26. The van der Waals surface area contributed by atoms with Gasteiger partial charge in [-0.1, -0.05) is 31.4 Å². The highest BCUT2D eigenvalue weighted by atomic mass is 35.5. The highest BCUT2D eigenvalue weighted by Crippen LogP contribution is 2.36. The molecule has 110 valence electrons. The molecule has 1 aromatic carbocycles. The molecule has 0 bridgehead atoms. The number of amides is 1. The Balaban J connectivity index is 2.34. The van der Waals surface area contributed by atoms with Crippen molar-refractivity contribution in [3.63, 3.8) is 0 Å². The third-order valence-corrected chi connectivity index (χ3v) is 4.68. The number of primary amides is 1. The van der Waals surface area contributed by atoms with Gasteiger partial charge in [0.15, 0.2) is 0 Å². The van der Waals surface area contributed by atoms with Crippen LogP contribution < -0.4 is 16.8 Å². The lowest BCUT2D eigenvalue weighted by Crippen LogP contribution is -2.52. The van der Waals surface area contributed by atoms with E-state index in [1.54, 1.807) is 18.2 Å². The normalized spacial score (nSPS) is 26.2. The summed E-state index contributed by atoms with van der Waals surface area (Å²) in [5.41, 5.74) is 12.4. The lowest BCUT2D eigenvalue weighted by molar-refractivity contribution is 0.100. The molecule has 0 spiro atoms. The molecule has 4 nitrogen and oxygen atoms in total. The number of rotatable bonds is 4. The molecule has 0 radical (unpaired) electrons. The van der Waals surface area contributed by atoms with Crippen LogP contribution in [0, 0.1) is 5.92 Å². The molecule has 20 heavy (non-hydrogen) atoms. The van der Waals surface area contributed by atoms with Gasteiger partial charge in [0.05, 0.1) is 11.1 Å². The largest absolute Gasteiger partial charge is 0.377 e. The van der Waals surface area contributed by atoms with Crippen molar-refractivity contribution < 1.29 is 4.79 Å². The number of hydrogen-bond donors (Lipinski definition) is 3. The first-order valence-electron chi connectivity index (χ1n) is 7.06. The van der Waals surface area contributed by atoms with Crippen molar-refractivity contribution in [1.29, 1.82) is 0 Å². The van der Waals surface area contributed by atoms with Crippen molar-refractivity contribution in [1.82, 2.24) is 0 Å². The van der Waals surface area contributed by atoms with Crippen molar-refractivity contribution in [2.24, 2.45) is 17.4 Å². The quantitative estimate of drug-likeness (QED) is 0.799. The van der Waals surface area contributed by atoms with Crippen molar-refractivity contribution >= 4 is 23.2 Å². The Morgan fingerprint density at radius 1 is 1.50 bits per heavy atom. The minimum absolute atomic E-state index is 0.170. The summed E-state index contributed by atoms with van der Waals surface area (Å²) in [6.07, 6.45) is 4.52. The molecule has 0 aliphatic heterocycles. The van der Waals surface area contributed by atoms with Gasteiger partial charge in [0.25, 0.3) is 5.91 Å². The van der Waals surface area contributed by atoms with Crippen LogP contribution in [-0.4, -0.2) is 18.0 Å². The minimum atomic E-state index is -0.481. The monoisotopic (exact) mass is 295 g/mol. The van der Waals surface area contributed by atoms with E-state index in [0.29, 0.717) is 23.0 Å². The third kappa shape index (κ3) is 2.91. The molecule has 1 aliphatic carbocycles. The van der Waals surface area contributed by atoms with Gasteiger partial charge in [0, 0.05) is 17.3 Å². The standard InChI is InChI=1S/C15H22ClN3O/c1-10-4-2-3-7-15(10,9-17)19-13-6-5-11(16)8-12(13)14(18)20/h5-6,8,10,19H,2-4,7,9,17H2,1H3,(H2,18,20). The zero-order valence-electron chi connectivity index (χ0n) is 11.8. The van der Waals surface area contributed by atoms with E-state index in [1.165, 1.54) is 6.42 Å². The number of nitrogens with one attached hydrogen (secondary N) is 1. The van der Waals surface area contributed by atoms with Crippen LogP contribution in [0.3, 0.4) is 0 Å². The SMILES string of the molecule is CC1CCCCC1(CN)Nc1ccc(Cl)cc1C(N)=O. The Kier molecular flexibility index (Phi) is 4.55. The summed E-state index contributed by atoms with van der Waals surface area (Å²) < 4.78 is 0. The average molecular weight is 296 g/mol. The van der Waals surface area contributed by atoms with Gasteiger partial charge in [-0.2, -0.15) is 0 Å². The van der Waals surface area contributed by atoms with Crippen LogP contribution >= 0.6 is 11.6 Å². The van der Waals surface area contributed by atoms with E-state index in [9.17, 15) is 4.79 Å². The second kappa shape index (κ2) is 6.02. The molecule has 1 aromatic rings. The molecular formula is C15H22ClN3O. The maximum Gasteiger partial charge on any atom is 0.250 e. The van der Waals surface area contributed by atoms with Crippen LogP contribution in [0.4, 0.5) is 5.69 Å². The Bertz CT molecular complexity index is 506. The molecule has 5 heteroatoms. The Morgan fingerprint density at radius 2 is 2.25 bits per heavy atom. The zero-order chi connectivity index (χ0) is 14.8. The van der Waals surface area contributed by atoms with Crippen molar-refractivity contribution in [2.45, 2.75) is 38.1 Å². The molecule has 0 heterocycles. The molecule has 1 aliphatic rings. The van der Waals surface area contributed by atoms with Crippen molar-refractivity contribution in [3.8, 4) is 0 Å². The molecular weight excluding hydrogens is 274 g/mol. The molecule has 2 rings (SSSR count). The fraction of sp³-hybridized carbons (Fsp3) is 0.533. The van der Waals surface area contributed by atoms with Gasteiger partial charge >= 0.3 is 0 Å². The van der Waals surface area contributed by atoms with E-state index in [1.807, 2.05) is 0 Å². The fourth-order valence-electron chi connectivity index (χ4n) is 3.05. The number of nitrogens with two attached hydrogens (primary N) is 2. The maximum absolute atomic E-state index is 11.6. The van der Waals surface area contributed by atoms with Crippen LogP contribution in [0.25, 0.3) is 0 Å². The van der Waals surface area contributed by atoms with Gasteiger partial charge in [0.2, 0.25) is 0 Å². The van der Waals surface area contributed by atoms with Gasteiger partial charge in [-0.15, -0.1) is 0 Å². The number of anilines is 1. The van der Waals surface area contributed by atoms with Gasteiger partial charge in [-0.05, 0) is 37.0 Å². The van der Waals surface area contributed by atoms with Gasteiger partial charge in [-0.3, -0.25) is 4.79 Å². The summed E-state index contributed by atoms with van der Waals surface area (Å²) in [7, 11) is 0. The summed E-state index contributed by atoms with van der Waals surface area (Å²) >= 11 is 5.94. The van der Waals surface area contributed by atoms with Crippen molar-refractivity contribution in [3.05, 3.63) is 28.8 Å². The van der Waals surface area contributed by atoms with E-state index < -0.39 is 5.91 Å². The van der Waals surface area contributed by atoms with Gasteiger partial charge < -0.3 is 16.8 Å². The third-order valence-electron chi connectivity index (χ3n) is 4.45. The molecule has 1 fully saturated rings. The predicted octanol–water partition coefficient (Wildman–Crippen LogP) is 2.76. The molecule has 1 amide bonds. The minimum Gasteiger partial charge on any atom is -0.377 e. The van der Waals surface area contributed by atoms with E-state index in [-0.39, 0.29) is 5.54 Å². The Labute approximate surface area is 124 Å². The van der Waals surface area contributed by atoms with E-state index in [2.05, 4.69) is 12.2 Å². The van der Waals surface area contributed by atoms with Crippen LogP contribution in [-0.2, 0) is 0 Å². The number of halogens is 1. The summed E-state index contributed by atoms with van der Waals surface area (Å²) in [5, 5.41) is 3.99. The van der Waals surface area contributed by atoms with Gasteiger partial charge in [-0.25, -0.2) is 0 Å². The topological polar surface area (TPSA) is 81.1 Å². The van der Waals surface area contributed by atoms with Crippen LogP contribution in [0.2, 0.25) is 5.02 Å². The summed E-state index contributed by atoms with van der Waals surface area (Å²) in [6, 6.07) is 5.17. The van der Waals surface area contributed by atoms with Crippen LogP contribution in [0.5, 0.6) is 0 Å². The number of benzene rings is 1. The van der Waals surface area contributed by atoms with Crippen LogP contribution in [0.15, 0.2) is 18.2 Å². The Morgan fingerprint density at radius 3 is 2.85 bits per heavy atom. The van der Waals surface area contributed by atoms with Crippen molar-refractivity contribution in [2.75, 3.05) is 11.9 Å². The molecule has 0 saturated heterocycles. The lowest BCUT2D eigenvalue weighted by Gasteiger charge is -2.43. The first kappa shape index (κ1) is 15.1. The molecule has 0 aromatic heterocycles. The van der Waals surface area contributed by atoms with E-state index in [4.69, 9.17) is 23.1 Å². The fourth-order valence-corrected chi connectivity index (χ4v) is 3.22. The zero-order valence-corrected chi connectivity index (χ0v) is 12.5. The predicted molar refractivity (Wildman–Crippen MR) is 83.0 cm³/mol. The van der Waals surface area contributed by atoms with Crippen LogP contribution in [0.1, 0.15) is 43.0 Å². The molecule has 2 atom stereocenters. The first-order valence-corrected chi connectivity index (χ1v) is 7.44. The first-order chi connectivity index (χ1) is 9.48. The highest BCUT2D eigenvalue weighted by molar-refractivity contribution is 6.31. The number of carbonyl (C=O) groups is 1. The molecule has 5 N–H and O–H groups in total. The number of hydrogen-bond acceptors (Lipinski definition) is 3. The summed E-state index contributed by atoms with van der Waals surface area (Å²) in [6.45, 7) is 2.74. The van der Waals surface area contributed by atoms with E-state index >= 15 is 0 Å².